The first-order chi connectivity index (χ1) is 12.2. The van der Waals surface area contributed by atoms with Crippen molar-refractivity contribution >= 4 is 51.0 Å². The van der Waals surface area contributed by atoms with Crippen molar-refractivity contribution < 1.29 is 0 Å². The first-order valence-electron chi connectivity index (χ1n) is 7.68. The highest BCUT2D eigenvalue weighted by Gasteiger charge is 2.12. The lowest BCUT2D eigenvalue weighted by Crippen LogP contribution is -2.34. The molecule has 0 radical (unpaired) electrons. The lowest BCUT2D eigenvalue weighted by atomic mass is 10.2. The largest absolute Gasteiger partial charge is 0.331 e. The van der Waals surface area contributed by atoms with Crippen molar-refractivity contribution in [3.63, 3.8) is 0 Å². The van der Waals surface area contributed by atoms with Gasteiger partial charge in [-0.2, -0.15) is 4.98 Å². The van der Waals surface area contributed by atoms with Gasteiger partial charge in [-0.3, -0.25) is 10.9 Å². The smallest absolute Gasteiger partial charge is 0.263 e. The van der Waals surface area contributed by atoms with Crippen LogP contribution in [0.15, 0.2) is 54.6 Å². The molecule has 4 aromatic rings. The maximum Gasteiger partial charge on any atom is 0.263 e. The van der Waals surface area contributed by atoms with Crippen molar-refractivity contribution in [2.75, 3.05) is 10.7 Å². The average Bonchev–Trinajstić information content (AvgIpc) is 2.93. The number of aryl methyl sites for hydroxylation is 1. The number of nitrogens with zero attached hydrogens (tertiary/aromatic N) is 4. The SMILES string of the molecule is Cn1c2ccccc2c2nnc(NNC(=S)Nc3ccccc3)nc21. The van der Waals surface area contributed by atoms with Gasteiger partial charge in [0.15, 0.2) is 10.8 Å². The van der Waals surface area contributed by atoms with Crippen molar-refractivity contribution in [3.05, 3.63) is 54.6 Å². The van der Waals surface area contributed by atoms with Crippen molar-refractivity contribution in [3.8, 4) is 0 Å². The second-order valence-electron chi connectivity index (χ2n) is 5.45. The summed E-state index contributed by atoms with van der Waals surface area (Å²) in [5, 5.41) is 12.9. The Morgan fingerprint density at radius 3 is 2.60 bits per heavy atom. The number of thiocarbonyl (C=S) groups is 1. The summed E-state index contributed by atoms with van der Waals surface area (Å²) in [6.07, 6.45) is 0. The van der Waals surface area contributed by atoms with E-state index >= 15 is 0 Å². The number of rotatable bonds is 3. The summed E-state index contributed by atoms with van der Waals surface area (Å²) < 4.78 is 1.99. The van der Waals surface area contributed by atoms with Crippen LogP contribution >= 0.6 is 12.2 Å². The van der Waals surface area contributed by atoms with E-state index in [1.54, 1.807) is 0 Å². The number of nitrogens with one attached hydrogen (secondary N) is 3. The summed E-state index contributed by atoms with van der Waals surface area (Å²) in [6, 6.07) is 17.7. The van der Waals surface area contributed by atoms with E-state index in [-0.39, 0.29) is 0 Å². The number of fused-ring (bicyclic) bond motifs is 3. The second-order valence-corrected chi connectivity index (χ2v) is 5.86. The van der Waals surface area contributed by atoms with E-state index in [1.807, 2.05) is 66.2 Å². The van der Waals surface area contributed by atoms with Crippen LogP contribution in [-0.2, 0) is 7.05 Å². The van der Waals surface area contributed by atoms with E-state index in [0.29, 0.717) is 11.1 Å². The van der Waals surface area contributed by atoms with Crippen LogP contribution in [0.2, 0.25) is 0 Å². The molecule has 25 heavy (non-hydrogen) atoms. The average molecular weight is 349 g/mol. The summed E-state index contributed by atoms with van der Waals surface area (Å²) in [6.45, 7) is 0. The lowest BCUT2D eigenvalue weighted by molar-refractivity contribution is 0.934. The Hall–Kier alpha value is -3.26. The minimum Gasteiger partial charge on any atom is -0.331 e. The van der Waals surface area contributed by atoms with Crippen LogP contribution < -0.4 is 16.2 Å². The fraction of sp³-hybridized carbons (Fsp3) is 0.0588. The summed E-state index contributed by atoms with van der Waals surface area (Å²) >= 11 is 5.24. The Labute approximate surface area is 149 Å². The normalized spacial score (nSPS) is 10.8. The molecule has 0 saturated heterocycles. The Balaban J connectivity index is 1.53. The highest BCUT2D eigenvalue weighted by molar-refractivity contribution is 7.80. The van der Waals surface area contributed by atoms with Gasteiger partial charge < -0.3 is 9.88 Å². The first-order valence-corrected chi connectivity index (χ1v) is 8.09. The Kier molecular flexibility index (Phi) is 3.87. The minimum atomic E-state index is 0.343. The molecule has 8 heteroatoms. The number of hydrogen-bond donors (Lipinski definition) is 3. The minimum absolute atomic E-state index is 0.343. The molecule has 0 fully saturated rings. The molecular formula is C17H15N7S. The molecule has 2 heterocycles. The van der Waals surface area contributed by atoms with Crippen molar-refractivity contribution in [1.29, 1.82) is 0 Å². The molecule has 0 aliphatic carbocycles. The zero-order valence-corrected chi connectivity index (χ0v) is 14.2. The zero-order chi connectivity index (χ0) is 17.2. The van der Waals surface area contributed by atoms with E-state index in [1.165, 1.54) is 0 Å². The molecule has 0 spiro atoms. The van der Waals surface area contributed by atoms with Crippen LogP contribution in [0, 0.1) is 0 Å². The number of para-hydroxylation sites is 2. The van der Waals surface area contributed by atoms with Gasteiger partial charge in [-0.25, -0.2) is 0 Å². The molecule has 2 aromatic heterocycles. The van der Waals surface area contributed by atoms with E-state index < -0.39 is 0 Å². The van der Waals surface area contributed by atoms with E-state index in [2.05, 4.69) is 31.3 Å². The third-order valence-corrected chi connectivity index (χ3v) is 4.03. The molecule has 0 bridgehead atoms. The van der Waals surface area contributed by atoms with Gasteiger partial charge in [0.2, 0.25) is 0 Å². The summed E-state index contributed by atoms with van der Waals surface area (Å²) in [7, 11) is 1.96. The van der Waals surface area contributed by atoms with Gasteiger partial charge in [0.25, 0.3) is 5.95 Å². The fourth-order valence-electron chi connectivity index (χ4n) is 2.66. The number of benzene rings is 2. The maximum absolute atomic E-state index is 5.24. The first kappa shape index (κ1) is 15.3. The third kappa shape index (κ3) is 2.94. The van der Waals surface area contributed by atoms with Crippen LogP contribution in [0.1, 0.15) is 0 Å². The van der Waals surface area contributed by atoms with Crippen LogP contribution in [0.3, 0.4) is 0 Å². The van der Waals surface area contributed by atoms with Crippen molar-refractivity contribution in [2.24, 2.45) is 7.05 Å². The van der Waals surface area contributed by atoms with E-state index in [4.69, 9.17) is 12.2 Å². The number of anilines is 2. The van der Waals surface area contributed by atoms with E-state index in [9.17, 15) is 0 Å². The molecule has 7 nitrogen and oxygen atoms in total. The van der Waals surface area contributed by atoms with Gasteiger partial charge in [-0.05, 0) is 30.4 Å². The predicted molar refractivity (Wildman–Crippen MR) is 103 cm³/mol. The van der Waals surface area contributed by atoms with Gasteiger partial charge >= 0.3 is 0 Å². The lowest BCUT2D eigenvalue weighted by Gasteiger charge is -2.11. The molecule has 0 aliphatic rings. The van der Waals surface area contributed by atoms with Gasteiger partial charge in [0.05, 0.1) is 5.52 Å². The van der Waals surface area contributed by atoms with Crippen LogP contribution in [-0.4, -0.2) is 24.9 Å². The topological polar surface area (TPSA) is 79.7 Å². The Morgan fingerprint density at radius 2 is 1.76 bits per heavy atom. The van der Waals surface area contributed by atoms with Crippen LogP contribution in [0.4, 0.5) is 11.6 Å². The van der Waals surface area contributed by atoms with E-state index in [0.717, 1.165) is 27.8 Å². The monoisotopic (exact) mass is 349 g/mol. The number of hydrogen-bond acceptors (Lipinski definition) is 5. The summed E-state index contributed by atoms with van der Waals surface area (Å²) in [5.74, 6) is 0.343. The third-order valence-electron chi connectivity index (χ3n) is 3.83. The number of aromatic nitrogens is 4. The van der Waals surface area contributed by atoms with Crippen LogP contribution in [0.5, 0.6) is 0 Å². The Morgan fingerprint density at radius 1 is 1.00 bits per heavy atom. The maximum atomic E-state index is 5.24. The molecule has 3 N–H and O–H groups in total. The molecular weight excluding hydrogens is 334 g/mol. The quantitative estimate of drug-likeness (QED) is 0.388. The Bertz CT molecular complexity index is 1060. The predicted octanol–water partition coefficient (Wildman–Crippen LogP) is 2.83. The highest BCUT2D eigenvalue weighted by atomic mass is 32.1. The molecule has 2 aromatic carbocycles. The molecule has 0 aliphatic heterocycles. The molecule has 0 saturated carbocycles. The summed E-state index contributed by atoms with van der Waals surface area (Å²) in [4.78, 5) is 4.52. The standard InChI is InChI=1S/C17H15N7S/c1-24-13-10-6-5-9-12(13)14-15(24)19-16(21-20-14)22-23-17(25)18-11-7-3-2-4-8-11/h2-10H,1H3,(H2,18,23,25)(H,19,21,22). The second kappa shape index (κ2) is 6.33. The zero-order valence-electron chi connectivity index (χ0n) is 13.4. The molecule has 0 amide bonds. The van der Waals surface area contributed by atoms with Crippen molar-refractivity contribution in [2.45, 2.75) is 0 Å². The highest BCUT2D eigenvalue weighted by Crippen LogP contribution is 2.24. The fourth-order valence-corrected chi connectivity index (χ4v) is 2.82. The molecule has 4 rings (SSSR count). The molecule has 0 atom stereocenters. The molecule has 0 unspecified atom stereocenters. The van der Waals surface area contributed by atoms with Gasteiger partial charge in [-0.15, -0.1) is 10.2 Å². The van der Waals surface area contributed by atoms with Crippen LogP contribution in [0.25, 0.3) is 22.1 Å². The number of hydrazine groups is 1. The molecule has 124 valence electrons. The van der Waals surface area contributed by atoms with Crippen molar-refractivity contribution in [1.82, 2.24) is 25.2 Å². The summed E-state index contributed by atoms with van der Waals surface area (Å²) in [5.41, 5.74) is 9.22. The van der Waals surface area contributed by atoms with Gasteiger partial charge in [-0.1, -0.05) is 36.4 Å². The van der Waals surface area contributed by atoms with Gasteiger partial charge in [0.1, 0.15) is 5.52 Å². The van der Waals surface area contributed by atoms with Gasteiger partial charge in [0, 0.05) is 18.1 Å².